The van der Waals surface area contributed by atoms with Gasteiger partial charge in [0, 0.05) is 36.8 Å². The summed E-state index contributed by atoms with van der Waals surface area (Å²) >= 11 is 0. The fourth-order valence-electron chi connectivity index (χ4n) is 3.26. The highest BCUT2D eigenvalue weighted by Crippen LogP contribution is 2.27. The van der Waals surface area contributed by atoms with E-state index in [4.69, 9.17) is 4.74 Å². The molecule has 1 aliphatic rings. The molecule has 0 aromatic heterocycles. The average molecular weight is 383 g/mol. The third-order valence-electron chi connectivity index (χ3n) is 4.82. The molecule has 2 aromatic carbocycles. The first-order chi connectivity index (χ1) is 13.5. The number of para-hydroxylation sites is 1. The second-order valence-electron chi connectivity index (χ2n) is 6.56. The molecule has 1 saturated heterocycles. The molecule has 0 saturated carbocycles. The molecule has 2 aromatic rings. The molecule has 3 rings (SSSR count). The quantitative estimate of drug-likeness (QED) is 0.631. The first-order valence-electron chi connectivity index (χ1n) is 8.97. The average Bonchev–Trinajstić information content (AvgIpc) is 2.73. The van der Waals surface area contributed by atoms with E-state index in [1.54, 1.807) is 4.90 Å². The van der Waals surface area contributed by atoms with E-state index in [1.807, 2.05) is 30.3 Å². The summed E-state index contributed by atoms with van der Waals surface area (Å²) in [4.78, 5) is 37.3. The van der Waals surface area contributed by atoms with Gasteiger partial charge in [0.15, 0.2) is 0 Å². The minimum atomic E-state index is -0.545. The predicted octanol–water partition coefficient (Wildman–Crippen LogP) is 3.09. The van der Waals surface area contributed by atoms with Crippen molar-refractivity contribution in [1.82, 2.24) is 4.90 Å². The van der Waals surface area contributed by atoms with Gasteiger partial charge in [0.1, 0.15) is 5.75 Å². The zero-order valence-corrected chi connectivity index (χ0v) is 15.5. The lowest BCUT2D eigenvalue weighted by atomic mass is 9.95. The Bertz CT molecular complexity index is 877. The number of methoxy groups -OCH3 is 1. The van der Waals surface area contributed by atoms with E-state index in [2.05, 4.69) is 5.32 Å². The molecule has 146 valence electrons. The third kappa shape index (κ3) is 4.28. The van der Waals surface area contributed by atoms with Crippen molar-refractivity contribution < 1.29 is 19.2 Å². The number of non-ortho nitro benzene ring substituents is 1. The highest BCUT2D eigenvalue weighted by atomic mass is 16.6. The van der Waals surface area contributed by atoms with E-state index in [-0.39, 0.29) is 29.0 Å². The number of rotatable bonds is 5. The van der Waals surface area contributed by atoms with Gasteiger partial charge in [-0.05, 0) is 31.0 Å². The van der Waals surface area contributed by atoms with Gasteiger partial charge in [-0.25, -0.2) is 0 Å². The number of nitrogens with one attached hydrogen (secondary N) is 1. The van der Waals surface area contributed by atoms with E-state index in [0.29, 0.717) is 31.7 Å². The summed E-state index contributed by atoms with van der Waals surface area (Å²) in [5.74, 6) is -0.287. The van der Waals surface area contributed by atoms with Crippen LogP contribution in [-0.2, 0) is 4.79 Å². The minimum Gasteiger partial charge on any atom is -0.496 e. The Balaban J connectivity index is 1.64. The number of ether oxygens (including phenoxy) is 1. The summed E-state index contributed by atoms with van der Waals surface area (Å²) in [6, 6.07) is 13.2. The summed E-state index contributed by atoms with van der Waals surface area (Å²) in [5, 5.41) is 13.9. The second-order valence-corrected chi connectivity index (χ2v) is 6.56. The maximum Gasteiger partial charge on any atom is 0.270 e. The lowest BCUT2D eigenvalue weighted by Crippen LogP contribution is -2.41. The molecular weight excluding hydrogens is 362 g/mol. The molecule has 0 aliphatic carbocycles. The lowest BCUT2D eigenvalue weighted by Gasteiger charge is -2.31. The predicted molar refractivity (Wildman–Crippen MR) is 103 cm³/mol. The van der Waals surface area contributed by atoms with Crippen molar-refractivity contribution in [2.24, 2.45) is 5.92 Å². The summed E-state index contributed by atoms with van der Waals surface area (Å²) < 4.78 is 5.18. The highest BCUT2D eigenvalue weighted by molar-refractivity contribution is 5.98. The molecular formula is C20H21N3O5. The molecule has 1 fully saturated rings. The van der Waals surface area contributed by atoms with Gasteiger partial charge >= 0.3 is 0 Å². The van der Waals surface area contributed by atoms with Crippen LogP contribution in [0.2, 0.25) is 0 Å². The third-order valence-corrected chi connectivity index (χ3v) is 4.82. The van der Waals surface area contributed by atoms with Crippen LogP contribution in [-0.4, -0.2) is 41.8 Å². The number of likely N-dealkylation sites (tertiary alicyclic amines) is 1. The fraction of sp³-hybridized carbons (Fsp3) is 0.300. The molecule has 28 heavy (non-hydrogen) atoms. The van der Waals surface area contributed by atoms with E-state index < -0.39 is 4.92 Å². The van der Waals surface area contributed by atoms with Crippen LogP contribution >= 0.6 is 0 Å². The zero-order chi connectivity index (χ0) is 20.1. The number of nitro benzene ring substituents is 1. The number of amides is 2. The maximum absolute atomic E-state index is 12.8. The molecule has 0 atom stereocenters. The number of hydrogen-bond donors (Lipinski definition) is 1. The molecule has 1 heterocycles. The summed E-state index contributed by atoms with van der Waals surface area (Å²) in [5.41, 5.74) is 0.734. The van der Waals surface area contributed by atoms with Crippen LogP contribution in [0, 0.1) is 16.0 Å². The molecule has 0 bridgehead atoms. The maximum atomic E-state index is 12.8. The van der Waals surface area contributed by atoms with E-state index >= 15 is 0 Å². The Morgan fingerprint density at radius 3 is 2.43 bits per heavy atom. The van der Waals surface area contributed by atoms with Gasteiger partial charge in [-0.2, -0.15) is 0 Å². The molecule has 1 N–H and O–H groups in total. The summed E-state index contributed by atoms with van der Waals surface area (Å²) in [6.45, 7) is 0.801. The van der Waals surface area contributed by atoms with E-state index in [1.165, 1.54) is 25.3 Å². The number of hydrogen-bond acceptors (Lipinski definition) is 5. The number of carbonyl (C=O) groups excluding carboxylic acids is 2. The number of piperidine rings is 1. The Hall–Kier alpha value is -3.42. The first-order valence-corrected chi connectivity index (χ1v) is 8.97. The molecule has 0 unspecified atom stereocenters. The van der Waals surface area contributed by atoms with Crippen LogP contribution in [0.1, 0.15) is 23.2 Å². The normalized spacial score (nSPS) is 14.4. The smallest absolute Gasteiger partial charge is 0.270 e. The molecule has 1 aliphatic heterocycles. The lowest BCUT2D eigenvalue weighted by molar-refractivity contribution is -0.384. The van der Waals surface area contributed by atoms with Crippen LogP contribution in [0.25, 0.3) is 0 Å². The highest BCUT2D eigenvalue weighted by Gasteiger charge is 2.29. The van der Waals surface area contributed by atoms with Gasteiger partial charge in [0.05, 0.1) is 17.6 Å². The number of anilines is 1. The summed E-state index contributed by atoms with van der Waals surface area (Å²) in [7, 11) is 1.41. The molecule has 0 radical (unpaired) electrons. The molecule has 8 heteroatoms. The number of nitro groups is 1. The van der Waals surface area contributed by atoms with Crippen LogP contribution in [0.5, 0.6) is 5.75 Å². The van der Waals surface area contributed by atoms with Gasteiger partial charge in [-0.1, -0.05) is 18.2 Å². The van der Waals surface area contributed by atoms with Gasteiger partial charge in [-0.15, -0.1) is 0 Å². The van der Waals surface area contributed by atoms with Gasteiger partial charge in [-0.3, -0.25) is 19.7 Å². The number of benzene rings is 2. The van der Waals surface area contributed by atoms with Gasteiger partial charge in [0.25, 0.3) is 11.6 Å². The first kappa shape index (κ1) is 19.3. The summed E-state index contributed by atoms with van der Waals surface area (Å²) in [6.07, 6.45) is 1.06. The van der Waals surface area contributed by atoms with Crippen molar-refractivity contribution in [3.05, 3.63) is 64.2 Å². The van der Waals surface area contributed by atoms with Gasteiger partial charge in [0.2, 0.25) is 5.91 Å². The molecule has 0 spiro atoms. The molecule has 2 amide bonds. The standard InChI is InChI=1S/C20H21N3O5/c1-28-18-8-7-16(23(26)27)13-17(18)20(25)22-11-9-14(10-12-22)19(24)21-15-5-3-2-4-6-15/h2-8,13-14H,9-12H2,1H3,(H,21,24). The molecule has 8 nitrogen and oxygen atoms in total. The minimum absolute atomic E-state index is 0.0637. The van der Waals surface area contributed by atoms with E-state index in [0.717, 1.165) is 5.69 Å². The van der Waals surface area contributed by atoms with Crippen molar-refractivity contribution in [2.45, 2.75) is 12.8 Å². The largest absolute Gasteiger partial charge is 0.496 e. The Morgan fingerprint density at radius 1 is 1.14 bits per heavy atom. The number of nitrogens with zero attached hydrogens (tertiary/aromatic N) is 2. The number of carbonyl (C=O) groups is 2. The van der Waals surface area contributed by atoms with E-state index in [9.17, 15) is 19.7 Å². The van der Waals surface area contributed by atoms with Crippen molar-refractivity contribution in [3.63, 3.8) is 0 Å². The Labute approximate surface area is 162 Å². The topological polar surface area (TPSA) is 102 Å². The monoisotopic (exact) mass is 383 g/mol. The van der Waals surface area contributed by atoms with Crippen molar-refractivity contribution in [3.8, 4) is 5.75 Å². The SMILES string of the molecule is COc1ccc([N+](=O)[O-])cc1C(=O)N1CCC(C(=O)Nc2ccccc2)CC1. The van der Waals surface area contributed by atoms with Crippen molar-refractivity contribution in [1.29, 1.82) is 0 Å². The van der Waals surface area contributed by atoms with Crippen LogP contribution in [0.3, 0.4) is 0 Å². The van der Waals surface area contributed by atoms with Gasteiger partial charge < -0.3 is 15.0 Å². The fourth-order valence-corrected chi connectivity index (χ4v) is 3.26. The Kier molecular flexibility index (Phi) is 5.88. The second kappa shape index (κ2) is 8.51. The Morgan fingerprint density at radius 2 is 1.82 bits per heavy atom. The zero-order valence-electron chi connectivity index (χ0n) is 15.5. The van der Waals surface area contributed by atoms with Crippen molar-refractivity contribution >= 4 is 23.2 Å². The van der Waals surface area contributed by atoms with Crippen LogP contribution < -0.4 is 10.1 Å². The van der Waals surface area contributed by atoms with Crippen LogP contribution in [0.15, 0.2) is 48.5 Å². The van der Waals surface area contributed by atoms with Crippen molar-refractivity contribution in [2.75, 3.05) is 25.5 Å². The van der Waals surface area contributed by atoms with Crippen LogP contribution in [0.4, 0.5) is 11.4 Å².